The number of hydrogen-bond donors (Lipinski definition) is 1. The predicted molar refractivity (Wildman–Crippen MR) is 81.1 cm³/mol. The van der Waals surface area contributed by atoms with Gasteiger partial charge in [-0.1, -0.05) is 27.5 Å². The van der Waals surface area contributed by atoms with E-state index in [2.05, 4.69) is 21.0 Å². The second kappa shape index (κ2) is 6.39. The summed E-state index contributed by atoms with van der Waals surface area (Å²) in [4.78, 5) is 12.6. The summed E-state index contributed by atoms with van der Waals surface area (Å²) in [6.45, 7) is 0.889. The molecule has 20 heavy (non-hydrogen) atoms. The third-order valence-electron chi connectivity index (χ3n) is 2.75. The number of carbonyl (C=O) groups is 1. The lowest BCUT2D eigenvalue weighted by Gasteiger charge is -2.08. The molecule has 1 heterocycles. The van der Waals surface area contributed by atoms with Crippen molar-refractivity contribution in [2.75, 3.05) is 19.5 Å². The van der Waals surface area contributed by atoms with Crippen LogP contribution in [0, 0.1) is 0 Å². The molecule has 0 aliphatic carbocycles. The molecule has 0 aliphatic rings. The van der Waals surface area contributed by atoms with E-state index in [1.807, 2.05) is 0 Å². The van der Waals surface area contributed by atoms with Crippen molar-refractivity contribution in [2.24, 2.45) is 0 Å². The van der Waals surface area contributed by atoms with Crippen LogP contribution in [0.5, 0.6) is 0 Å². The molecule has 0 amide bonds. The maximum atomic E-state index is 12.6. The minimum atomic E-state index is -0.234. The quantitative estimate of drug-likeness (QED) is 0.659. The number of methoxy groups -OCH3 is 1. The summed E-state index contributed by atoms with van der Waals surface area (Å²) in [6, 6.07) is 5.05. The maximum Gasteiger partial charge on any atom is 0.213 e. The van der Waals surface area contributed by atoms with E-state index in [-0.39, 0.29) is 5.78 Å². The normalized spacial score (nSPS) is 10.8. The molecule has 0 spiro atoms. The number of benzene rings is 1. The van der Waals surface area contributed by atoms with Crippen LogP contribution in [0.1, 0.15) is 16.1 Å². The highest BCUT2D eigenvalue weighted by atomic mass is 79.9. The number of anilines is 1. The van der Waals surface area contributed by atoms with Crippen molar-refractivity contribution in [1.82, 2.24) is 9.78 Å². The Morgan fingerprint density at radius 1 is 1.55 bits per heavy atom. The second-order valence-electron chi connectivity index (χ2n) is 4.13. The number of ether oxygens (including phenoxy) is 1. The summed E-state index contributed by atoms with van der Waals surface area (Å²) in [6.07, 6.45) is 1.45. The molecule has 5 nitrogen and oxygen atoms in total. The van der Waals surface area contributed by atoms with E-state index < -0.39 is 0 Å². The average Bonchev–Trinajstić information content (AvgIpc) is 2.79. The molecule has 0 radical (unpaired) electrons. The Hall–Kier alpha value is -1.37. The van der Waals surface area contributed by atoms with E-state index in [4.69, 9.17) is 22.1 Å². The van der Waals surface area contributed by atoms with E-state index >= 15 is 0 Å². The zero-order valence-electron chi connectivity index (χ0n) is 10.8. The average molecular weight is 359 g/mol. The van der Waals surface area contributed by atoms with E-state index in [1.54, 1.807) is 25.3 Å². The number of ketones is 1. The third kappa shape index (κ3) is 3.03. The highest BCUT2D eigenvalue weighted by molar-refractivity contribution is 9.10. The first-order valence-electron chi connectivity index (χ1n) is 5.84. The topological polar surface area (TPSA) is 70.1 Å². The molecular formula is C13H13BrClN3O2. The molecule has 0 aliphatic heterocycles. The van der Waals surface area contributed by atoms with Crippen molar-refractivity contribution >= 4 is 39.0 Å². The molecular weight excluding hydrogens is 346 g/mol. The molecule has 1 aromatic heterocycles. The fourth-order valence-corrected chi connectivity index (χ4v) is 2.43. The van der Waals surface area contributed by atoms with Gasteiger partial charge in [0.25, 0.3) is 0 Å². The van der Waals surface area contributed by atoms with E-state index in [9.17, 15) is 4.79 Å². The van der Waals surface area contributed by atoms with Crippen molar-refractivity contribution < 1.29 is 9.53 Å². The van der Waals surface area contributed by atoms with Crippen LogP contribution in [0.2, 0.25) is 5.02 Å². The van der Waals surface area contributed by atoms with Crippen molar-refractivity contribution in [2.45, 2.75) is 6.54 Å². The number of rotatable bonds is 5. The maximum absolute atomic E-state index is 12.6. The number of carbonyl (C=O) groups excluding carboxylic acids is 1. The summed E-state index contributed by atoms with van der Waals surface area (Å²) in [5.41, 5.74) is 7.02. The van der Waals surface area contributed by atoms with Gasteiger partial charge in [-0.15, -0.1) is 0 Å². The molecule has 106 valence electrons. The van der Waals surface area contributed by atoms with Gasteiger partial charge < -0.3 is 10.5 Å². The fraction of sp³-hybridized carbons (Fsp3) is 0.231. The van der Waals surface area contributed by atoms with Crippen molar-refractivity contribution in [3.05, 3.63) is 45.1 Å². The van der Waals surface area contributed by atoms with Crippen LogP contribution in [0.4, 0.5) is 5.69 Å². The Bertz CT molecular complexity index is 643. The SMILES string of the molecule is COCCn1ncc(Cl)c1C(=O)c1cc(N)ccc1Br. The van der Waals surface area contributed by atoms with Crippen LogP contribution in [0.3, 0.4) is 0 Å². The van der Waals surface area contributed by atoms with Crippen LogP contribution in [-0.2, 0) is 11.3 Å². The molecule has 0 fully saturated rings. The van der Waals surface area contributed by atoms with Crippen LogP contribution >= 0.6 is 27.5 Å². The highest BCUT2D eigenvalue weighted by Crippen LogP contribution is 2.25. The number of halogens is 2. The number of nitrogens with zero attached hydrogens (tertiary/aromatic N) is 2. The summed E-state index contributed by atoms with van der Waals surface area (Å²) >= 11 is 9.41. The summed E-state index contributed by atoms with van der Waals surface area (Å²) in [5, 5.41) is 4.40. The van der Waals surface area contributed by atoms with Gasteiger partial charge in [0, 0.05) is 22.8 Å². The fourth-order valence-electron chi connectivity index (χ4n) is 1.78. The number of hydrogen-bond acceptors (Lipinski definition) is 4. The number of aromatic nitrogens is 2. The van der Waals surface area contributed by atoms with Gasteiger partial charge in [0.1, 0.15) is 5.69 Å². The molecule has 1 aromatic carbocycles. The van der Waals surface area contributed by atoms with Gasteiger partial charge in [-0.2, -0.15) is 5.10 Å². The predicted octanol–water partition coefficient (Wildman–Crippen LogP) is 2.76. The Balaban J connectivity index is 2.42. The van der Waals surface area contributed by atoms with Gasteiger partial charge in [0.05, 0.1) is 24.4 Å². The number of nitrogens with two attached hydrogens (primary N) is 1. The molecule has 0 saturated carbocycles. The number of nitrogen functional groups attached to an aromatic ring is 1. The van der Waals surface area contributed by atoms with Gasteiger partial charge in [-0.3, -0.25) is 9.48 Å². The second-order valence-corrected chi connectivity index (χ2v) is 5.39. The lowest BCUT2D eigenvalue weighted by Crippen LogP contribution is -2.15. The Morgan fingerprint density at radius 2 is 2.30 bits per heavy atom. The van der Waals surface area contributed by atoms with Crippen LogP contribution in [0.15, 0.2) is 28.9 Å². The Morgan fingerprint density at radius 3 is 3.00 bits per heavy atom. The van der Waals surface area contributed by atoms with Gasteiger partial charge in [-0.05, 0) is 18.2 Å². The highest BCUT2D eigenvalue weighted by Gasteiger charge is 2.21. The molecule has 0 saturated heterocycles. The molecule has 2 aromatic rings. The third-order valence-corrected chi connectivity index (χ3v) is 3.72. The lowest BCUT2D eigenvalue weighted by molar-refractivity contribution is 0.102. The first kappa shape index (κ1) is 15.0. The molecule has 0 atom stereocenters. The van der Waals surface area contributed by atoms with Crippen molar-refractivity contribution in [1.29, 1.82) is 0 Å². The summed E-state index contributed by atoms with van der Waals surface area (Å²) in [5.74, 6) is -0.234. The molecule has 0 bridgehead atoms. The van der Waals surface area contributed by atoms with Crippen LogP contribution in [-0.4, -0.2) is 29.3 Å². The monoisotopic (exact) mass is 357 g/mol. The first-order valence-corrected chi connectivity index (χ1v) is 7.01. The summed E-state index contributed by atoms with van der Waals surface area (Å²) in [7, 11) is 1.58. The Kier molecular flexibility index (Phi) is 4.80. The van der Waals surface area contributed by atoms with Gasteiger partial charge in [-0.25, -0.2) is 0 Å². The van der Waals surface area contributed by atoms with Crippen molar-refractivity contribution in [3.63, 3.8) is 0 Å². The zero-order valence-corrected chi connectivity index (χ0v) is 13.1. The van der Waals surface area contributed by atoms with E-state index in [0.717, 1.165) is 0 Å². The lowest BCUT2D eigenvalue weighted by atomic mass is 10.1. The van der Waals surface area contributed by atoms with Gasteiger partial charge in [0.15, 0.2) is 0 Å². The van der Waals surface area contributed by atoms with Crippen LogP contribution < -0.4 is 5.73 Å². The van der Waals surface area contributed by atoms with Gasteiger partial charge in [0.2, 0.25) is 5.78 Å². The van der Waals surface area contributed by atoms with Crippen molar-refractivity contribution in [3.8, 4) is 0 Å². The largest absolute Gasteiger partial charge is 0.399 e. The molecule has 2 rings (SSSR count). The smallest absolute Gasteiger partial charge is 0.213 e. The zero-order chi connectivity index (χ0) is 14.7. The molecule has 0 unspecified atom stereocenters. The van der Waals surface area contributed by atoms with E-state index in [0.29, 0.717) is 39.6 Å². The summed E-state index contributed by atoms with van der Waals surface area (Å²) < 4.78 is 7.18. The van der Waals surface area contributed by atoms with Crippen LogP contribution in [0.25, 0.3) is 0 Å². The van der Waals surface area contributed by atoms with E-state index in [1.165, 1.54) is 10.9 Å². The molecule has 7 heteroatoms. The molecule has 2 N–H and O–H groups in total. The minimum absolute atomic E-state index is 0.234. The standard InChI is InChI=1S/C13H13BrClN3O2/c1-20-5-4-18-12(11(15)7-17-18)13(19)9-6-8(16)2-3-10(9)14/h2-3,6-7H,4-5,16H2,1H3. The minimum Gasteiger partial charge on any atom is -0.399 e. The Labute approximate surface area is 129 Å². The first-order chi connectivity index (χ1) is 9.54. The van der Waals surface area contributed by atoms with Gasteiger partial charge >= 0.3 is 0 Å².